The number of nitrogens with one attached hydrogen (secondary N) is 1. The van der Waals surface area contributed by atoms with Crippen LogP contribution in [-0.2, 0) is 6.42 Å². The standard InChI is InChI=1S/C28H32N6O/c1-6-33(7-2)28(35)25-18-29-34(23-11-9-8-10-12-23)27(25)32-26-24(20(4)30-21(5)31-26)17-22-15-13-19(3)14-16-22/h8-16,18H,6-7,17H2,1-5H3,(H,30,31,32). The molecule has 1 amide bonds. The average molecular weight is 469 g/mol. The van der Waals surface area contributed by atoms with Crippen molar-refractivity contribution in [1.29, 1.82) is 0 Å². The predicted molar refractivity (Wildman–Crippen MR) is 140 cm³/mol. The molecule has 4 rings (SSSR count). The van der Waals surface area contributed by atoms with Gasteiger partial charge in [-0.2, -0.15) is 5.10 Å². The largest absolute Gasteiger partial charge is 0.339 e. The molecule has 2 aromatic heterocycles. The number of anilines is 2. The van der Waals surface area contributed by atoms with Crippen LogP contribution in [0.15, 0.2) is 60.8 Å². The van der Waals surface area contributed by atoms with Crippen molar-refractivity contribution in [2.24, 2.45) is 0 Å². The summed E-state index contributed by atoms with van der Waals surface area (Å²) < 4.78 is 1.76. The highest BCUT2D eigenvalue weighted by Gasteiger charge is 2.24. The SMILES string of the molecule is CCN(CC)C(=O)c1cnn(-c2ccccc2)c1Nc1nc(C)nc(C)c1Cc1ccc(C)cc1. The van der Waals surface area contributed by atoms with Gasteiger partial charge in [0.1, 0.15) is 23.0 Å². The quantitative estimate of drug-likeness (QED) is 0.374. The number of carbonyl (C=O) groups is 1. The van der Waals surface area contributed by atoms with Gasteiger partial charge >= 0.3 is 0 Å². The Morgan fingerprint density at radius 2 is 1.63 bits per heavy atom. The molecule has 0 aliphatic carbocycles. The molecule has 7 nitrogen and oxygen atoms in total. The molecular formula is C28H32N6O. The number of hydrogen-bond donors (Lipinski definition) is 1. The fraction of sp³-hybridized carbons (Fsp3) is 0.286. The van der Waals surface area contributed by atoms with E-state index in [4.69, 9.17) is 4.98 Å². The number of para-hydroxylation sites is 1. The molecule has 0 radical (unpaired) electrons. The van der Waals surface area contributed by atoms with Crippen molar-refractivity contribution >= 4 is 17.5 Å². The molecule has 7 heteroatoms. The normalized spacial score (nSPS) is 10.9. The van der Waals surface area contributed by atoms with E-state index in [-0.39, 0.29) is 5.91 Å². The van der Waals surface area contributed by atoms with Gasteiger partial charge in [0.25, 0.3) is 5.91 Å². The molecule has 0 fully saturated rings. The van der Waals surface area contributed by atoms with Crippen molar-refractivity contribution in [3.8, 4) is 5.69 Å². The van der Waals surface area contributed by atoms with Gasteiger partial charge in [-0.25, -0.2) is 14.6 Å². The van der Waals surface area contributed by atoms with E-state index in [1.165, 1.54) is 11.1 Å². The summed E-state index contributed by atoms with van der Waals surface area (Å²) in [4.78, 5) is 24.6. The highest BCUT2D eigenvalue weighted by molar-refractivity contribution is 5.99. The summed E-state index contributed by atoms with van der Waals surface area (Å²) in [6, 6.07) is 18.3. The Kier molecular flexibility index (Phi) is 7.25. The third-order valence-electron chi connectivity index (χ3n) is 6.12. The van der Waals surface area contributed by atoms with Gasteiger partial charge in [-0.15, -0.1) is 0 Å². The van der Waals surface area contributed by atoms with Crippen molar-refractivity contribution in [1.82, 2.24) is 24.6 Å². The second-order valence-electron chi connectivity index (χ2n) is 8.60. The van der Waals surface area contributed by atoms with E-state index in [1.54, 1.807) is 15.8 Å². The Bertz CT molecular complexity index is 1310. The lowest BCUT2D eigenvalue weighted by Crippen LogP contribution is -2.30. The van der Waals surface area contributed by atoms with Crippen LogP contribution in [0.4, 0.5) is 11.6 Å². The number of rotatable bonds is 8. The van der Waals surface area contributed by atoms with Crippen LogP contribution < -0.4 is 5.32 Å². The molecule has 0 saturated carbocycles. The lowest BCUT2D eigenvalue weighted by Gasteiger charge is -2.20. The van der Waals surface area contributed by atoms with Gasteiger partial charge in [-0.05, 0) is 52.3 Å². The summed E-state index contributed by atoms with van der Waals surface area (Å²) in [6.07, 6.45) is 2.31. The van der Waals surface area contributed by atoms with Gasteiger partial charge in [0.2, 0.25) is 0 Å². The van der Waals surface area contributed by atoms with Crippen LogP contribution in [0.5, 0.6) is 0 Å². The molecular weight excluding hydrogens is 436 g/mol. The van der Waals surface area contributed by atoms with Gasteiger partial charge in [0.05, 0.1) is 11.9 Å². The molecule has 0 spiro atoms. The van der Waals surface area contributed by atoms with E-state index in [0.717, 1.165) is 16.9 Å². The van der Waals surface area contributed by atoms with E-state index >= 15 is 0 Å². The number of aryl methyl sites for hydroxylation is 3. The first-order valence-corrected chi connectivity index (χ1v) is 12.0. The number of amides is 1. The Labute approximate surface area is 206 Å². The fourth-order valence-corrected chi connectivity index (χ4v) is 4.14. The predicted octanol–water partition coefficient (Wildman–Crippen LogP) is 5.40. The second kappa shape index (κ2) is 10.5. The van der Waals surface area contributed by atoms with Crippen molar-refractivity contribution in [2.75, 3.05) is 18.4 Å². The highest BCUT2D eigenvalue weighted by atomic mass is 16.2. The zero-order valence-corrected chi connectivity index (χ0v) is 21.0. The van der Waals surface area contributed by atoms with E-state index in [9.17, 15) is 4.79 Å². The topological polar surface area (TPSA) is 75.9 Å². The molecule has 0 bridgehead atoms. The first kappa shape index (κ1) is 24.1. The molecule has 180 valence electrons. The summed E-state index contributed by atoms with van der Waals surface area (Å²) in [5.74, 6) is 1.87. The molecule has 0 atom stereocenters. The first-order chi connectivity index (χ1) is 16.9. The minimum atomic E-state index is -0.0673. The first-order valence-electron chi connectivity index (χ1n) is 12.0. The lowest BCUT2D eigenvalue weighted by atomic mass is 10.0. The third kappa shape index (κ3) is 5.24. The maximum Gasteiger partial charge on any atom is 0.259 e. The van der Waals surface area contributed by atoms with Gasteiger partial charge < -0.3 is 10.2 Å². The summed E-state index contributed by atoms with van der Waals surface area (Å²) in [5.41, 5.74) is 5.65. The van der Waals surface area contributed by atoms with E-state index < -0.39 is 0 Å². The van der Waals surface area contributed by atoms with Crippen LogP contribution in [0.3, 0.4) is 0 Å². The molecule has 35 heavy (non-hydrogen) atoms. The van der Waals surface area contributed by atoms with Crippen LogP contribution in [0, 0.1) is 20.8 Å². The number of carbonyl (C=O) groups excluding carboxylic acids is 1. The summed E-state index contributed by atoms with van der Waals surface area (Å²) in [6.45, 7) is 11.2. The molecule has 0 saturated heterocycles. The smallest absolute Gasteiger partial charge is 0.259 e. The van der Waals surface area contributed by atoms with E-state index in [0.29, 0.717) is 42.5 Å². The van der Waals surface area contributed by atoms with Crippen molar-refractivity contribution in [2.45, 2.75) is 41.0 Å². The minimum absolute atomic E-state index is 0.0673. The molecule has 1 N–H and O–H groups in total. The summed E-state index contributed by atoms with van der Waals surface area (Å²) in [7, 11) is 0. The number of hydrogen-bond acceptors (Lipinski definition) is 5. The molecule has 0 aliphatic heterocycles. The van der Waals surface area contributed by atoms with Crippen LogP contribution >= 0.6 is 0 Å². The molecule has 4 aromatic rings. The fourth-order valence-electron chi connectivity index (χ4n) is 4.14. The number of aromatic nitrogens is 4. The molecule has 0 unspecified atom stereocenters. The molecule has 0 aliphatic rings. The molecule has 2 heterocycles. The molecule has 2 aromatic carbocycles. The highest BCUT2D eigenvalue weighted by Crippen LogP contribution is 2.29. The van der Waals surface area contributed by atoms with Crippen molar-refractivity contribution in [3.05, 3.63) is 94.6 Å². The summed E-state index contributed by atoms with van der Waals surface area (Å²) >= 11 is 0. The van der Waals surface area contributed by atoms with E-state index in [1.807, 2.05) is 58.0 Å². The number of benzene rings is 2. The Hall–Kier alpha value is -4.00. The van der Waals surface area contributed by atoms with Gasteiger partial charge in [0, 0.05) is 30.8 Å². The van der Waals surface area contributed by atoms with Crippen LogP contribution in [0.2, 0.25) is 0 Å². The van der Waals surface area contributed by atoms with Crippen molar-refractivity contribution < 1.29 is 4.79 Å². The van der Waals surface area contributed by atoms with Crippen LogP contribution in [-0.4, -0.2) is 43.6 Å². The number of nitrogens with zero attached hydrogens (tertiary/aromatic N) is 5. The third-order valence-corrected chi connectivity index (χ3v) is 6.12. The Balaban J connectivity index is 1.82. The van der Waals surface area contributed by atoms with Gasteiger partial charge in [-0.3, -0.25) is 4.79 Å². The zero-order valence-electron chi connectivity index (χ0n) is 21.0. The van der Waals surface area contributed by atoms with Gasteiger partial charge in [0.15, 0.2) is 0 Å². The Morgan fingerprint density at radius 3 is 2.29 bits per heavy atom. The average Bonchev–Trinajstić information content (AvgIpc) is 3.27. The monoisotopic (exact) mass is 468 g/mol. The lowest BCUT2D eigenvalue weighted by molar-refractivity contribution is 0.0774. The van der Waals surface area contributed by atoms with Crippen molar-refractivity contribution in [3.63, 3.8) is 0 Å². The minimum Gasteiger partial charge on any atom is -0.339 e. The van der Waals surface area contributed by atoms with Crippen LogP contribution in [0.25, 0.3) is 5.69 Å². The maximum absolute atomic E-state index is 13.4. The summed E-state index contributed by atoms with van der Waals surface area (Å²) in [5, 5.41) is 8.07. The van der Waals surface area contributed by atoms with E-state index in [2.05, 4.69) is 46.6 Å². The zero-order chi connectivity index (χ0) is 24.9. The van der Waals surface area contributed by atoms with Crippen LogP contribution in [0.1, 0.15) is 52.4 Å². The second-order valence-corrected chi connectivity index (χ2v) is 8.60. The Morgan fingerprint density at radius 1 is 0.943 bits per heavy atom. The maximum atomic E-state index is 13.4. The van der Waals surface area contributed by atoms with Gasteiger partial charge in [-0.1, -0.05) is 48.0 Å².